The van der Waals surface area contributed by atoms with Gasteiger partial charge >= 0.3 is 5.97 Å². The first kappa shape index (κ1) is 19.1. The van der Waals surface area contributed by atoms with Crippen molar-refractivity contribution in [3.8, 4) is 5.75 Å². The zero-order valence-electron chi connectivity index (χ0n) is 15.0. The minimum Gasteiger partial charge on any atom is -0.542 e. The molecule has 2 N–H and O–H groups in total. The predicted octanol–water partition coefficient (Wildman–Crippen LogP) is 5.70. The Bertz CT molecular complexity index is 780. The second-order valence-electron chi connectivity index (χ2n) is 7.18. The van der Waals surface area contributed by atoms with Crippen molar-refractivity contribution in [2.24, 2.45) is 0 Å². The number of esters is 1. The fraction of sp³-hybridized carbons (Fsp3) is 0.471. The van der Waals surface area contributed by atoms with Gasteiger partial charge in [0.25, 0.3) is 8.32 Å². The van der Waals surface area contributed by atoms with Crippen molar-refractivity contribution >= 4 is 52.3 Å². The van der Waals surface area contributed by atoms with Gasteiger partial charge in [-0.15, -0.1) is 11.3 Å². The van der Waals surface area contributed by atoms with Gasteiger partial charge in [-0.1, -0.05) is 38.4 Å². The molecule has 2 rings (SSSR count). The second kappa shape index (κ2) is 6.58. The SMILES string of the molecule is CCOC(=O)c1c(N)sc2c(O[Si](C)(C)C(C)(C)C)c(Cl)ccc12. The highest BCUT2D eigenvalue weighted by Crippen LogP contribution is 2.46. The van der Waals surface area contributed by atoms with Crippen LogP contribution in [0.15, 0.2) is 12.1 Å². The maximum atomic E-state index is 12.2. The maximum absolute atomic E-state index is 12.2. The monoisotopic (exact) mass is 385 g/mol. The fourth-order valence-corrected chi connectivity index (χ4v) is 4.51. The van der Waals surface area contributed by atoms with Crippen LogP contribution in [-0.2, 0) is 4.74 Å². The number of ether oxygens (including phenoxy) is 1. The third-order valence-corrected chi connectivity index (χ3v) is 10.1. The van der Waals surface area contributed by atoms with Gasteiger partial charge in [-0.3, -0.25) is 0 Å². The van der Waals surface area contributed by atoms with E-state index in [1.165, 1.54) is 11.3 Å². The molecular weight excluding hydrogens is 362 g/mol. The Kier molecular flexibility index (Phi) is 5.23. The van der Waals surface area contributed by atoms with Gasteiger partial charge in [-0.2, -0.15) is 0 Å². The van der Waals surface area contributed by atoms with Gasteiger partial charge < -0.3 is 14.9 Å². The topological polar surface area (TPSA) is 61.5 Å². The molecule has 2 aromatic rings. The van der Waals surface area contributed by atoms with Crippen LogP contribution < -0.4 is 10.2 Å². The van der Waals surface area contributed by atoms with E-state index < -0.39 is 14.3 Å². The molecule has 0 aliphatic rings. The normalized spacial score (nSPS) is 12.5. The number of hydrogen-bond donors (Lipinski definition) is 1. The smallest absolute Gasteiger partial charge is 0.341 e. The Morgan fingerprint density at radius 2 is 1.96 bits per heavy atom. The molecule has 0 atom stereocenters. The Hall–Kier alpha value is -1.24. The second-order valence-corrected chi connectivity index (χ2v) is 13.4. The number of carbonyl (C=O) groups is 1. The van der Waals surface area contributed by atoms with Crippen LogP contribution in [-0.4, -0.2) is 20.9 Å². The summed E-state index contributed by atoms with van der Waals surface area (Å²) < 4.78 is 12.4. The van der Waals surface area contributed by atoms with Gasteiger partial charge in [0.15, 0.2) is 0 Å². The molecule has 0 saturated carbocycles. The number of carbonyl (C=O) groups excluding carboxylic acids is 1. The largest absolute Gasteiger partial charge is 0.542 e. The summed E-state index contributed by atoms with van der Waals surface area (Å²) in [6.45, 7) is 12.9. The van der Waals surface area contributed by atoms with Crippen molar-refractivity contribution in [3.05, 3.63) is 22.7 Å². The number of nitrogens with two attached hydrogens (primary N) is 1. The number of nitrogen functional groups attached to an aromatic ring is 1. The number of fused-ring (bicyclic) bond motifs is 1. The quantitative estimate of drug-likeness (QED) is 0.541. The maximum Gasteiger partial charge on any atom is 0.341 e. The van der Waals surface area contributed by atoms with Gasteiger partial charge in [-0.05, 0) is 31.1 Å². The first-order chi connectivity index (χ1) is 11.0. The summed E-state index contributed by atoms with van der Waals surface area (Å²) in [6.07, 6.45) is 0. The van der Waals surface area contributed by atoms with E-state index in [9.17, 15) is 4.79 Å². The minimum absolute atomic E-state index is 0.0330. The molecule has 0 amide bonds. The Morgan fingerprint density at radius 1 is 1.33 bits per heavy atom. The van der Waals surface area contributed by atoms with Crippen LogP contribution in [0.3, 0.4) is 0 Å². The molecule has 0 radical (unpaired) electrons. The van der Waals surface area contributed by atoms with Crippen molar-refractivity contribution in [2.45, 2.75) is 45.8 Å². The lowest BCUT2D eigenvalue weighted by atomic mass is 10.1. The van der Waals surface area contributed by atoms with Crippen molar-refractivity contribution < 1.29 is 14.0 Å². The Balaban J connectivity index is 2.62. The van der Waals surface area contributed by atoms with E-state index in [4.69, 9.17) is 26.5 Å². The average molecular weight is 386 g/mol. The zero-order valence-corrected chi connectivity index (χ0v) is 17.5. The molecule has 1 heterocycles. The van der Waals surface area contributed by atoms with Crippen molar-refractivity contribution in [3.63, 3.8) is 0 Å². The summed E-state index contributed by atoms with van der Waals surface area (Å²) in [4.78, 5) is 12.2. The third-order valence-electron chi connectivity index (χ3n) is 4.43. The highest BCUT2D eigenvalue weighted by atomic mass is 35.5. The molecule has 0 spiro atoms. The fourth-order valence-electron chi connectivity index (χ4n) is 2.05. The summed E-state index contributed by atoms with van der Waals surface area (Å²) in [5.41, 5.74) is 6.48. The standard InChI is InChI=1S/C17H24ClNO3SSi/c1-7-21-16(20)12-10-8-9-11(18)13(14(10)23-15(12)19)22-24(5,6)17(2,3)4/h8-9H,7,19H2,1-6H3. The van der Waals surface area contributed by atoms with Gasteiger partial charge in [0, 0.05) is 5.39 Å². The van der Waals surface area contributed by atoms with E-state index >= 15 is 0 Å². The van der Waals surface area contributed by atoms with Crippen LogP contribution in [0.25, 0.3) is 10.1 Å². The van der Waals surface area contributed by atoms with E-state index in [-0.39, 0.29) is 5.04 Å². The van der Waals surface area contributed by atoms with Gasteiger partial charge in [-0.25, -0.2) is 4.79 Å². The number of halogens is 1. The van der Waals surface area contributed by atoms with Crippen LogP contribution in [0.5, 0.6) is 5.75 Å². The van der Waals surface area contributed by atoms with E-state index in [2.05, 4.69) is 33.9 Å². The molecule has 7 heteroatoms. The van der Waals surface area contributed by atoms with Crippen LogP contribution in [0.2, 0.25) is 23.2 Å². The van der Waals surface area contributed by atoms with E-state index in [0.717, 1.165) is 10.1 Å². The summed E-state index contributed by atoms with van der Waals surface area (Å²) >= 11 is 7.72. The number of hydrogen-bond acceptors (Lipinski definition) is 5. The Morgan fingerprint density at radius 3 is 2.50 bits per heavy atom. The van der Waals surface area contributed by atoms with Crippen LogP contribution in [0.1, 0.15) is 38.1 Å². The van der Waals surface area contributed by atoms with Crippen LogP contribution in [0, 0.1) is 0 Å². The van der Waals surface area contributed by atoms with Crippen molar-refractivity contribution in [1.82, 2.24) is 0 Å². The summed E-state index contributed by atoms with van der Waals surface area (Å²) in [7, 11) is -2.08. The average Bonchev–Trinajstić information content (AvgIpc) is 2.77. The lowest BCUT2D eigenvalue weighted by Crippen LogP contribution is -2.43. The lowest BCUT2D eigenvalue weighted by Gasteiger charge is -2.36. The molecule has 1 aromatic heterocycles. The van der Waals surface area contributed by atoms with Gasteiger partial charge in [0.05, 0.1) is 16.3 Å². The summed E-state index contributed by atoms with van der Waals surface area (Å²) in [5.74, 6) is 0.204. The molecule has 0 saturated heterocycles. The molecule has 0 bridgehead atoms. The molecule has 0 fully saturated rings. The molecule has 0 aliphatic carbocycles. The minimum atomic E-state index is -2.08. The van der Waals surface area contributed by atoms with Crippen molar-refractivity contribution in [1.29, 1.82) is 0 Å². The van der Waals surface area contributed by atoms with Gasteiger partial charge in [0.2, 0.25) is 0 Å². The van der Waals surface area contributed by atoms with Crippen LogP contribution >= 0.6 is 22.9 Å². The highest BCUT2D eigenvalue weighted by Gasteiger charge is 2.40. The van der Waals surface area contributed by atoms with Crippen LogP contribution in [0.4, 0.5) is 5.00 Å². The number of anilines is 1. The first-order valence-electron chi connectivity index (χ1n) is 7.86. The molecule has 1 aromatic carbocycles. The zero-order chi connectivity index (χ0) is 18.3. The van der Waals surface area contributed by atoms with Gasteiger partial charge in [0.1, 0.15) is 16.3 Å². The third kappa shape index (κ3) is 3.41. The lowest BCUT2D eigenvalue weighted by molar-refractivity contribution is 0.0530. The number of rotatable bonds is 4. The molecule has 24 heavy (non-hydrogen) atoms. The predicted molar refractivity (Wildman–Crippen MR) is 105 cm³/mol. The van der Waals surface area contributed by atoms with E-state index in [0.29, 0.717) is 27.9 Å². The number of benzene rings is 1. The molecular formula is C17H24ClNO3SSi. The number of thiophene rings is 1. The summed E-state index contributed by atoms with van der Waals surface area (Å²) in [6, 6.07) is 3.55. The summed E-state index contributed by atoms with van der Waals surface area (Å²) in [5, 5.41) is 1.72. The molecule has 132 valence electrons. The Labute approximate surface area is 153 Å². The van der Waals surface area contributed by atoms with Crippen molar-refractivity contribution in [2.75, 3.05) is 12.3 Å². The van der Waals surface area contributed by atoms with E-state index in [1.807, 2.05) is 0 Å². The molecule has 0 aliphatic heterocycles. The first-order valence-corrected chi connectivity index (χ1v) is 12.0. The van der Waals surface area contributed by atoms with E-state index in [1.54, 1.807) is 19.1 Å². The highest BCUT2D eigenvalue weighted by molar-refractivity contribution is 7.23. The molecule has 0 unspecified atom stereocenters. The molecule has 4 nitrogen and oxygen atoms in total.